The summed E-state index contributed by atoms with van der Waals surface area (Å²) in [5.41, 5.74) is 4.58. The molecule has 9 heteroatoms. The number of hydroxylamine groups is 2. The van der Waals surface area contributed by atoms with Gasteiger partial charge in [0.15, 0.2) is 0 Å². The molecule has 3 rings (SSSR count). The van der Waals surface area contributed by atoms with Crippen LogP contribution in [0.15, 0.2) is 63.2 Å². The molecule has 0 bridgehead atoms. The normalized spacial score (nSPS) is 11.7. The number of hydrogen-bond donors (Lipinski definition) is 0. The van der Waals surface area contributed by atoms with Gasteiger partial charge in [-0.1, -0.05) is 24.3 Å². The van der Waals surface area contributed by atoms with Crippen molar-refractivity contribution < 1.29 is 18.0 Å². The van der Waals surface area contributed by atoms with E-state index in [1.807, 2.05) is 36.6 Å². The molecule has 0 N–H and O–H groups in total. The van der Waals surface area contributed by atoms with E-state index in [4.69, 9.17) is 4.84 Å². The second-order valence-electron chi connectivity index (χ2n) is 7.36. The third-order valence-corrected chi connectivity index (χ3v) is 6.99. The minimum absolute atomic E-state index is 0.126. The van der Waals surface area contributed by atoms with Gasteiger partial charge >= 0.3 is 0 Å². The van der Waals surface area contributed by atoms with Gasteiger partial charge in [0.2, 0.25) is 0 Å². The molecule has 0 atom stereocenters. The minimum atomic E-state index is -3.76. The third kappa shape index (κ3) is 5.07. The largest absolute Gasteiger partial charge is 0.368 e. The van der Waals surface area contributed by atoms with Crippen LogP contribution in [-0.2, 0) is 14.9 Å². The van der Waals surface area contributed by atoms with Gasteiger partial charge < -0.3 is 4.90 Å². The lowest BCUT2D eigenvalue weighted by Crippen LogP contribution is -2.24. The molecule has 3 aromatic rings. The Bertz CT molecular complexity index is 1250. The molecule has 0 aliphatic heterocycles. The number of sulfonamides is 1. The van der Waals surface area contributed by atoms with Crippen LogP contribution in [0, 0.1) is 6.92 Å². The Labute approximate surface area is 192 Å². The van der Waals surface area contributed by atoms with Gasteiger partial charge in [-0.3, -0.25) is 9.63 Å². The number of rotatable bonds is 7. The molecule has 1 heterocycles. The summed E-state index contributed by atoms with van der Waals surface area (Å²) in [6, 6.07) is 14.5. The maximum absolute atomic E-state index is 12.6. The number of benzene rings is 2. The Morgan fingerprint density at radius 1 is 1.00 bits per heavy atom. The lowest BCUT2D eigenvalue weighted by molar-refractivity contribution is -0.0753. The van der Waals surface area contributed by atoms with E-state index in [1.165, 1.54) is 29.8 Å². The molecular formula is C23H25N3O4S2. The average molecular weight is 472 g/mol. The maximum atomic E-state index is 12.6. The first-order chi connectivity index (χ1) is 15.1. The van der Waals surface area contributed by atoms with Crippen molar-refractivity contribution in [2.24, 2.45) is 4.40 Å². The van der Waals surface area contributed by atoms with E-state index in [2.05, 4.69) is 4.40 Å². The summed E-state index contributed by atoms with van der Waals surface area (Å²) in [6.45, 7) is 1.99. The smallest absolute Gasteiger partial charge is 0.287 e. The lowest BCUT2D eigenvalue weighted by atomic mass is 9.95. The molecule has 1 aromatic heterocycles. The molecule has 0 radical (unpaired) electrons. The highest BCUT2D eigenvalue weighted by atomic mass is 32.2. The summed E-state index contributed by atoms with van der Waals surface area (Å²) in [5, 5.41) is 3.07. The fourth-order valence-corrected chi connectivity index (χ4v) is 4.85. The first kappa shape index (κ1) is 23.6. The molecule has 0 fully saturated rings. The zero-order valence-corrected chi connectivity index (χ0v) is 20.2. The summed E-state index contributed by atoms with van der Waals surface area (Å²) in [4.78, 5) is 19.9. The molecule has 0 spiro atoms. The molecule has 32 heavy (non-hydrogen) atoms. The number of carbonyl (C=O) groups is 1. The second-order valence-corrected chi connectivity index (χ2v) is 9.91. The summed E-state index contributed by atoms with van der Waals surface area (Å²) in [7, 11) is 2.68. The van der Waals surface area contributed by atoms with Crippen LogP contribution in [0.5, 0.6) is 0 Å². The molecule has 7 nitrogen and oxygen atoms in total. The first-order valence-electron chi connectivity index (χ1n) is 9.72. The zero-order chi connectivity index (χ0) is 23.5. The highest BCUT2D eigenvalue weighted by Crippen LogP contribution is 2.34. The molecule has 0 saturated heterocycles. The number of thiophene rings is 1. The van der Waals surface area contributed by atoms with Crippen molar-refractivity contribution in [3.8, 4) is 22.3 Å². The number of aryl methyl sites for hydroxylation is 1. The van der Waals surface area contributed by atoms with Gasteiger partial charge in [0, 0.05) is 26.7 Å². The van der Waals surface area contributed by atoms with Crippen LogP contribution in [0.4, 0.5) is 0 Å². The molecular weight excluding hydrogens is 446 g/mol. The predicted octanol–water partition coefficient (Wildman–Crippen LogP) is 4.30. The molecule has 0 aliphatic carbocycles. The van der Waals surface area contributed by atoms with Crippen LogP contribution in [0.3, 0.4) is 0 Å². The van der Waals surface area contributed by atoms with E-state index in [1.54, 1.807) is 50.3 Å². The Hall–Kier alpha value is -3.01. The van der Waals surface area contributed by atoms with Crippen LogP contribution < -0.4 is 0 Å². The second kappa shape index (κ2) is 9.64. The van der Waals surface area contributed by atoms with Crippen LogP contribution >= 0.6 is 11.3 Å². The Morgan fingerprint density at radius 3 is 2.28 bits per heavy atom. The van der Waals surface area contributed by atoms with Gasteiger partial charge in [0.05, 0.1) is 12.0 Å². The van der Waals surface area contributed by atoms with Gasteiger partial charge in [0.1, 0.15) is 11.2 Å². The molecule has 2 aromatic carbocycles. The summed E-state index contributed by atoms with van der Waals surface area (Å²) >= 11 is 1.36. The Balaban J connectivity index is 1.98. The van der Waals surface area contributed by atoms with Gasteiger partial charge in [-0.2, -0.15) is 8.42 Å². The SMILES string of the molecule is CON(C)C(=O)c1sccc1-c1ccc(C)c(-c2ccc(S(=O)(=O)N=CN(C)C)cc2)c1. The standard InChI is InChI=1S/C23H25N3O4S2/c1-16-6-7-18(20-12-13-31-22(20)23(27)26(4)30-5)14-21(16)17-8-10-19(11-9-17)32(28,29)24-15-25(2)3/h6-15H,1-5H3. The van der Waals surface area contributed by atoms with E-state index in [-0.39, 0.29) is 10.8 Å². The Kier molecular flexibility index (Phi) is 7.12. The van der Waals surface area contributed by atoms with Gasteiger partial charge in [-0.25, -0.2) is 5.06 Å². The van der Waals surface area contributed by atoms with Crippen LogP contribution in [0.1, 0.15) is 15.2 Å². The van der Waals surface area contributed by atoms with E-state index >= 15 is 0 Å². The van der Waals surface area contributed by atoms with Crippen molar-refractivity contribution >= 4 is 33.6 Å². The predicted molar refractivity (Wildman–Crippen MR) is 128 cm³/mol. The van der Waals surface area contributed by atoms with Gasteiger partial charge in [-0.15, -0.1) is 15.7 Å². The molecule has 0 saturated carbocycles. The summed E-state index contributed by atoms with van der Waals surface area (Å²) < 4.78 is 28.4. The quantitative estimate of drug-likeness (QED) is 0.292. The van der Waals surface area contributed by atoms with Crippen molar-refractivity contribution in [1.82, 2.24) is 9.96 Å². The molecule has 1 amide bonds. The van der Waals surface area contributed by atoms with Crippen LogP contribution in [0.2, 0.25) is 0 Å². The number of amides is 1. The van der Waals surface area contributed by atoms with Crippen LogP contribution in [-0.4, -0.2) is 58.9 Å². The summed E-state index contributed by atoms with van der Waals surface area (Å²) in [6.07, 6.45) is 1.26. The third-order valence-electron chi connectivity index (χ3n) is 4.85. The van der Waals surface area contributed by atoms with E-state index in [0.717, 1.165) is 27.8 Å². The van der Waals surface area contributed by atoms with Crippen molar-refractivity contribution in [1.29, 1.82) is 0 Å². The highest BCUT2D eigenvalue weighted by molar-refractivity contribution is 7.90. The van der Waals surface area contributed by atoms with Crippen molar-refractivity contribution in [3.05, 3.63) is 64.4 Å². The highest BCUT2D eigenvalue weighted by Gasteiger charge is 2.19. The topological polar surface area (TPSA) is 79.3 Å². The van der Waals surface area contributed by atoms with Gasteiger partial charge in [-0.05, 0) is 58.8 Å². The average Bonchev–Trinajstić information content (AvgIpc) is 3.27. The Morgan fingerprint density at radius 2 is 1.66 bits per heavy atom. The number of carbonyl (C=O) groups excluding carboxylic acids is 1. The molecule has 0 aliphatic rings. The van der Waals surface area contributed by atoms with E-state index in [9.17, 15) is 13.2 Å². The zero-order valence-electron chi connectivity index (χ0n) is 18.6. The van der Waals surface area contributed by atoms with Crippen molar-refractivity contribution in [2.45, 2.75) is 11.8 Å². The maximum Gasteiger partial charge on any atom is 0.287 e. The van der Waals surface area contributed by atoms with Crippen molar-refractivity contribution in [2.75, 3.05) is 28.3 Å². The van der Waals surface area contributed by atoms with E-state index in [0.29, 0.717) is 4.88 Å². The number of nitrogens with zero attached hydrogens (tertiary/aromatic N) is 3. The monoisotopic (exact) mass is 471 g/mol. The van der Waals surface area contributed by atoms with Crippen LogP contribution in [0.25, 0.3) is 22.3 Å². The fourth-order valence-electron chi connectivity index (χ4n) is 3.05. The molecule has 168 valence electrons. The minimum Gasteiger partial charge on any atom is -0.368 e. The van der Waals surface area contributed by atoms with Crippen molar-refractivity contribution in [3.63, 3.8) is 0 Å². The van der Waals surface area contributed by atoms with E-state index < -0.39 is 10.0 Å². The lowest BCUT2D eigenvalue weighted by Gasteiger charge is -2.14. The first-order valence-corrected chi connectivity index (χ1v) is 12.0. The fraction of sp³-hybridized carbons (Fsp3) is 0.217. The summed E-state index contributed by atoms with van der Waals surface area (Å²) in [5.74, 6) is -0.215. The van der Waals surface area contributed by atoms with Gasteiger partial charge in [0.25, 0.3) is 15.9 Å². The molecule has 0 unspecified atom stereocenters. The number of hydrogen-bond acceptors (Lipinski definition) is 5.